The summed E-state index contributed by atoms with van der Waals surface area (Å²) >= 11 is 12.0. The number of anilines is 1. The number of ether oxygens (including phenoxy) is 2. The molecule has 0 heterocycles. The van der Waals surface area contributed by atoms with Crippen LogP contribution in [-0.4, -0.2) is 31.1 Å². The van der Waals surface area contributed by atoms with Gasteiger partial charge in [-0.2, -0.15) is 5.10 Å². The Morgan fingerprint density at radius 3 is 2.31 bits per heavy atom. The van der Waals surface area contributed by atoms with Crippen molar-refractivity contribution in [3.05, 3.63) is 123 Å². The summed E-state index contributed by atoms with van der Waals surface area (Å²) in [6, 6.07) is 24.3. The van der Waals surface area contributed by atoms with E-state index in [1.807, 2.05) is 0 Å². The highest BCUT2D eigenvalue weighted by atomic mass is 35.5. The van der Waals surface area contributed by atoms with E-state index in [1.54, 1.807) is 72.8 Å². The summed E-state index contributed by atoms with van der Waals surface area (Å²) in [6.45, 7) is 0. The van der Waals surface area contributed by atoms with Gasteiger partial charge in [-0.3, -0.25) is 9.59 Å². The van der Waals surface area contributed by atoms with Crippen LogP contribution in [0, 0.1) is 0 Å². The van der Waals surface area contributed by atoms with Crippen LogP contribution in [0.25, 0.3) is 0 Å². The Labute approximate surface area is 234 Å². The SMILES string of the molecule is COc1cc(C=NNC(=O)c2cccc(NC(=O)c3ccc(Cl)cc3Cl)c2)ccc1OC(=O)c1ccccc1. The zero-order chi connectivity index (χ0) is 27.8. The third-order valence-electron chi connectivity index (χ3n) is 5.34. The first-order chi connectivity index (χ1) is 18.8. The van der Waals surface area contributed by atoms with Gasteiger partial charge in [0.05, 0.1) is 29.5 Å². The van der Waals surface area contributed by atoms with E-state index >= 15 is 0 Å². The fourth-order valence-corrected chi connectivity index (χ4v) is 3.92. The van der Waals surface area contributed by atoms with Gasteiger partial charge in [-0.1, -0.05) is 47.5 Å². The zero-order valence-electron chi connectivity index (χ0n) is 20.5. The second-order valence-electron chi connectivity index (χ2n) is 8.02. The van der Waals surface area contributed by atoms with Crippen molar-refractivity contribution in [2.45, 2.75) is 0 Å². The van der Waals surface area contributed by atoms with Crippen LogP contribution in [-0.2, 0) is 0 Å². The first kappa shape index (κ1) is 27.4. The van der Waals surface area contributed by atoms with Gasteiger partial charge in [0, 0.05) is 16.3 Å². The highest BCUT2D eigenvalue weighted by molar-refractivity contribution is 6.37. The van der Waals surface area contributed by atoms with Crippen molar-refractivity contribution in [1.29, 1.82) is 0 Å². The molecular weight excluding hydrogens is 541 g/mol. The molecule has 0 spiro atoms. The number of carbonyl (C=O) groups is 3. The highest BCUT2D eigenvalue weighted by Gasteiger charge is 2.14. The van der Waals surface area contributed by atoms with Gasteiger partial charge in [0.15, 0.2) is 11.5 Å². The lowest BCUT2D eigenvalue weighted by atomic mass is 10.1. The van der Waals surface area contributed by atoms with Crippen LogP contribution >= 0.6 is 23.2 Å². The molecule has 8 nitrogen and oxygen atoms in total. The molecule has 196 valence electrons. The van der Waals surface area contributed by atoms with E-state index < -0.39 is 17.8 Å². The van der Waals surface area contributed by atoms with E-state index in [1.165, 1.54) is 31.5 Å². The van der Waals surface area contributed by atoms with Crippen molar-refractivity contribution in [3.63, 3.8) is 0 Å². The molecule has 0 unspecified atom stereocenters. The number of rotatable bonds is 8. The second kappa shape index (κ2) is 12.7. The van der Waals surface area contributed by atoms with Gasteiger partial charge in [0.25, 0.3) is 11.8 Å². The Morgan fingerprint density at radius 1 is 0.795 bits per heavy atom. The predicted molar refractivity (Wildman–Crippen MR) is 150 cm³/mol. The number of nitrogens with one attached hydrogen (secondary N) is 2. The van der Waals surface area contributed by atoms with Crippen LogP contribution in [0.1, 0.15) is 36.6 Å². The minimum absolute atomic E-state index is 0.210. The van der Waals surface area contributed by atoms with Gasteiger partial charge in [-0.15, -0.1) is 0 Å². The summed E-state index contributed by atoms with van der Waals surface area (Å²) in [5, 5.41) is 7.31. The number of carbonyl (C=O) groups excluding carboxylic acids is 3. The standard InChI is InChI=1S/C29H21Cl2N3O5/c1-38-26-14-18(10-13-25(26)39-29(37)19-6-3-2-4-7-19)17-32-34-27(35)20-8-5-9-22(15-20)33-28(36)23-12-11-21(30)16-24(23)31/h2-17H,1H3,(H,33,36)(H,34,35). The lowest BCUT2D eigenvalue weighted by Gasteiger charge is -2.10. The maximum absolute atomic E-state index is 12.6. The first-order valence-electron chi connectivity index (χ1n) is 11.5. The average Bonchev–Trinajstić information content (AvgIpc) is 2.94. The quantitative estimate of drug-likeness (QED) is 0.115. The molecule has 4 aromatic carbocycles. The number of esters is 1. The largest absolute Gasteiger partial charge is 0.493 e. The number of nitrogens with zero attached hydrogens (tertiary/aromatic N) is 1. The van der Waals surface area contributed by atoms with Crippen molar-refractivity contribution in [3.8, 4) is 11.5 Å². The van der Waals surface area contributed by atoms with Crippen LogP contribution < -0.4 is 20.2 Å². The lowest BCUT2D eigenvalue weighted by Crippen LogP contribution is -2.18. The van der Waals surface area contributed by atoms with Gasteiger partial charge in [-0.25, -0.2) is 10.2 Å². The molecule has 0 aliphatic carbocycles. The van der Waals surface area contributed by atoms with E-state index in [0.717, 1.165) is 0 Å². The van der Waals surface area contributed by atoms with Crippen LogP contribution in [0.4, 0.5) is 5.69 Å². The number of hydrogen-bond donors (Lipinski definition) is 2. The summed E-state index contributed by atoms with van der Waals surface area (Å²) < 4.78 is 10.8. The van der Waals surface area contributed by atoms with Crippen molar-refractivity contribution >= 4 is 52.9 Å². The Hall–Kier alpha value is -4.66. The molecule has 4 aromatic rings. The number of amides is 2. The molecule has 39 heavy (non-hydrogen) atoms. The van der Waals surface area contributed by atoms with Gasteiger partial charge < -0.3 is 14.8 Å². The summed E-state index contributed by atoms with van der Waals surface area (Å²) in [4.78, 5) is 37.5. The molecule has 0 saturated heterocycles. The fraction of sp³-hybridized carbons (Fsp3) is 0.0345. The van der Waals surface area contributed by atoms with E-state index in [9.17, 15) is 14.4 Å². The molecule has 2 amide bonds. The van der Waals surface area contributed by atoms with Gasteiger partial charge in [-0.05, 0) is 72.3 Å². The van der Waals surface area contributed by atoms with Gasteiger partial charge in [0.1, 0.15) is 0 Å². The Bertz CT molecular complexity index is 1560. The van der Waals surface area contributed by atoms with Crippen LogP contribution in [0.15, 0.2) is 96.1 Å². The highest BCUT2D eigenvalue weighted by Crippen LogP contribution is 2.28. The van der Waals surface area contributed by atoms with E-state index in [0.29, 0.717) is 27.6 Å². The molecular formula is C29H21Cl2N3O5. The molecule has 4 rings (SSSR count). The van der Waals surface area contributed by atoms with Crippen LogP contribution in [0.3, 0.4) is 0 Å². The van der Waals surface area contributed by atoms with Crippen LogP contribution in [0.5, 0.6) is 11.5 Å². The summed E-state index contributed by atoms with van der Waals surface area (Å²) in [7, 11) is 1.45. The molecule has 0 radical (unpaired) electrons. The second-order valence-corrected chi connectivity index (χ2v) is 8.87. The minimum Gasteiger partial charge on any atom is -0.493 e. The molecule has 0 aliphatic heterocycles. The van der Waals surface area contributed by atoms with Crippen molar-refractivity contribution in [2.24, 2.45) is 5.10 Å². The fourth-order valence-electron chi connectivity index (χ4n) is 3.42. The maximum Gasteiger partial charge on any atom is 0.343 e. The van der Waals surface area contributed by atoms with Crippen molar-refractivity contribution in [2.75, 3.05) is 12.4 Å². The third kappa shape index (κ3) is 7.22. The van der Waals surface area contributed by atoms with Crippen LogP contribution in [0.2, 0.25) is 10.0 Å². The smallest absolute Gasteiger partial charge is 0.343 e. The monoisotopic (exact) mass is 561 g/mol. The number of benzene rings is 4. The Balaban J connectivity index is 1.38. The normalized spacial score (nSPS) is 10.6. The molecule has 10 heteroatoms. The first-order valence-corrected chi connectivity index (χ1v) is 12.2. The molecule has 0 bridgehead atoms. The molecule has 2 N–H and O–H groups in total. The molecule has 0 saturated carbocycles. The van der Waals surface area contributed by atoms with E-state index in [2.05, 4.69) is 15.8 Å². The summed E-state index contributed by atoms with van der Waals surface area (Å²) in [5.41, 5.74) is 4.35. The molecule has 0 fully saturated rings. The minimum atomic E-state index is -0.516. The zero-order valence-corrected chi connectivity index (χ0v) is 22.0. The predicted octanol–water partition coefficient (Wildman–Crippen LogP) is 6.24. The number of halogens is 2. The lowest BCUT2D eigenvalue weighted by molar-refractivity contribution is 0.0729. The Morgan fingerprint density at radius 2 is 1.56 bits per heavy atom. The van der Waals surface area contributed by atoms with Crippen molar-refractivity contribution < 1.29 is 23.9 Å². The Kier molecular flexibility index (Phi) is 8.94. The summed E-state index contributed by atoms with van der Waals surface area (Å²) in [6.07, 6.45) is 1.41. The van der Waals surface area contributed by atoms with Gasteiger partial charge >= 0.3 is 5.97 Å². The third-order valence-corrected chi connectivity index (χ3v) is 5.89. The molecule has 0 aromatic heterocycles. The average molecular weight is 562 g/mol. The molecule has 0 atom stereocenters. The van der Waals surface area contributed by atoms with Gasteiger partial charge in [0.2, 0.25) is 0 Å². The van der Waals surface area contributed by atoms with E-state index in [-0.39, 0.29) is 21.9 Å². The van der Waals surface area contributed by atoms with Crippen molar-refractivity contribution in [1.82, 2.24) is 5.43 Å². The summed E-state index contributed by atoms with van der Waals surface area (Å²) in [5.74, 6) is -0.895. The topological polar surface area (TPSA) is 106 Å². The molecule has 0 aliphatic rings. The van der Waals surface area contributed by atoms with E-state index in [4.69, 9.17) is 32.7 Å². The maximum atomic E-state index is 12.6. The number of hydrogen-bond acceptors (Lipinski definition) is 6. The number of methoxy groups -OCH3 is 1. The number of hydrazone groups is 1.